The molecule has 1 aliphatic heterocycles. The van der Waals surface area contributed by atoms with Crippen LogP contribution in [0.15, 0.2) is 57.4 Å². The second-order valence-corrected chi connectivity index (χ2v) is 8.62. The van der Waals surface area contributed by atoms with E-state index in [2.05, 4.69) is 52.4 Å². The van der Waals surface area contributed by atoms with E-state index in [1.54, 1.807) is 18.3 Å². The molecule has 7 heteroatoms. The van der Waals surface area contributed by atoms with Crippen molar-refractivity contribution in [3.63, 3.8) is 0 Å². The zero-order valence-electron chi connectivity index (χ0n) is 17.8. The smallest absolute Gasteiger partial charge is 0.322 e. The second kappa shape index (κ2) is 9.83. The lowest BCUT2D eigenvalue weighted by Gasteiger charge is -2.33. The Hall–Kier alpha value is -3.06. The van der Waals surface area contributed by atoms with Crippen LogP contribution in [-0.4, -0.2) is 35.8 Å². The molecule has 0 bridgehead atoms. The van der Waals surface area contributed by atoms with Gasteiger partial charge in [0.05, 0.1) is 12.8 Å². The minimum atomic E-state index is -0.113. The van der Waals surface area contributed by atoms with Crippen molar-refractivity contribution in [2.24, 2.45) is 5.92 Å². The summed E-state index contributed by atoms with van der Waals surface area (Å²) in [5, 5.41) is 10.8. The van der Waals surface area contributed by atoms with Gasteiger partial charge >= 0.3 is 6.03 Å². The molecule has 3 aromatic rings. The predicted octanol–water partition coefficient (Wildman–Crippen LogP) is 5.62. The van der Waals surface area contributed by atoms with Crippen LogP contribution >= 0.6 is 11.3 Å². The van der Waals surface area contributed by atoms with Crippen molar-refractivity contribution in [3.05, 3.63) is 69.7 Å². The highest BCUT2D eigenvalue weighted by molar-refractivity contribution is 7.07. The summed E-state index contributed by atoms with van der Waals surface area (Å²) in [5.41, 5.74) is 4.41. The predicted molar refractivity (Wildman–Crippen MR) is 124 cm³/mol. The Balaban J connectivity index is 1.33. The molecule has 1 saturated heterocycles. The van der Waals surface area contributed by atoms with Gasteiger partial charge in [-0.1, -0.05) is 35.9 Å². The monoisotopic (exact) mass is 437 g/mol. The quantitative estimate of drug-likeness (QED) is 0.543. The molecule has 2 aromatic heterocycles. The first-order chi connectivity index (χ1) is 15.1. The number of benzene rings is 1. The number of carbonyl (C=O) groups is 1. The van der Waals surface area contributed by atoms with Crippen molar-refractivity contribution in [2.75, 3.05) is 25.0 Å². The minimum Gasteiger partial charge on any atom is -0.493 e. The number of thiophene rings is 1. The molecule has 0 radical (unpaired) electrons. The van der Waals surface area contributed by atoms with Crippen molar-refractivity contribution < 1.29 is 14.1 Å². The van der Waals surface area contributed by atoms with Crippen LogP contribution in [0.5, 0.6) is 5.75 Å². The average molecular weight is 438 g/mol. The molecule has 1 fully saturated rings. The van der Waals surface area contributed by atoms with Crippen LogP contribution in [0, 0.1) is 12.8 Å². The molecule has 1 N–H and O–H groups in total. The van der Waals surface area contributed by atoms with Crippen LogP contribution in [0.2, 0.25) is 0 Å². The second-order valence-electron chi connectivity index (χ2n) is 7.84. The number of hydrogen-bond acceptors (Lipinski definition) is 5. The molecule has 0 saturated carbocycles. The number of nitrogens with zero attached hydrogens (tertiary/aromatic N) is 2. The summed E-state index contributed by atoms with van der Waals surface area (Å²) >= 11 is 1.71. The summed E-state index contributed by atoms with van der Waals surface area (Å²) in [6, 6.07) is 10.2. The van der Waals surface area contributed by atoms with Gasteiger partial charge in [0, 0.05) is 19.5 Å². The van der Waals surface area contributed by atoms with Crippen LogP contribution in [-0.2, 0) is 6.42 Å². The van der Waals surface area contributed by atoms with E-state index in [0.29, 0.717) is 31.1 Å². The topological polar surface area (TPSA) is 67.6 Å². The Morgan fingerprint density at radius 3 is 3.06 bits per heavy atom. The fourth-order valence-electron chi connectivity index (χ4n) is 3.69. The van der Waals surface area contributed by atoms with E-state index in [0.717, 1.165) is 24.2 Å². The first-order valence-electron chi connectivity index (χ1n) is 10.5. The maximum absolute atomic E-state index is 12.6. The fraction of sp³-hybridized carbons (Fsp3) is 0.333. The van der Waals surface area contributed by atoms with Gasteiger partial charge in [-0.3, -0.25) is 0 Å². The number of urea groups is 1. The number of aromatic nitrogens is 1. The molecule has 1 atom stereocenters. The van der Waals surface area contributed by atoms with Gasteiger partial charge in [0.15, 0.2) is 5.76 Å². The number of rotatable bonds is 6. The van der Waals surface area contributed by atoms with Crippen LogP contribution in [0.4, 0.5) is 10.5 Å². The van der Waals surface area contributed by atoms with Gasteiger partial charge in [-0.15, -0.1) is 0 Å². The van der Waals surface area contributed by atoms with Crippen molar-refractivity contribution in [2.45, 2.75) is 26.7 Å². The summed E-state index contributed by atoms with van der Waals surface area (Å²) in [6.45, 7) is 5.98. The SMILES string of the molecule is Cc1oncc1NC(=O)N1CCC(=Cc2cccc(OCCc3ccsc3)c2)C(C)C1. The number of anilines is 1. The lowest BCUT2D eigenvalue weighted by Crippen LogP contribution is -2.42. The van der Waals surface area contributed by atoms with E-state index in [1.165, 1.54) is 17.3 Å². The van der Waals surface area contributed by atoms with E-state index >= 15 is 0 Å². The summed E-state index contributed by atoms with van der Waals surface area (Å²) in [5.74, 6) is 1.78. The van der Waals surface area contributed by atoms with Gasteiger partial charge in [0.2, 0.25) is 0 Å². The third-order valence-corrected chi connectivity index (χ3v) is 6.26. The molecular weight excluding hydrogens is 410 g/mol. The van der Waals surface area contributed by atoms with E-state index in [-0.39, 0.29) is 11.9 Å². The highest BCUT2D eigenvalue weighted by Gasteiger charge is 2.25. The molecule has 2 amide bonds. The number of amides is 2. The van der Waals surface area contributed by atoms with E-state index in [9.17, 15) is 4.79 Å². The number of piperidine rings is 1. The molecule has 6 nitrogen and oxygen atoms in total. The van der Waals surface area contributed by atoms with Crippen LogP contribution in [0.1, 0.15) is 30.2 Å². The molecular formula is C24H27N3O3S. The summed E-state index contributed by atoms with van der Waals surface area (Å²) in [7, 11) is 0. The first-order valence-corrected chi connectivity index (χ1v) is 11.4. The Morgan fingerprint density at radius 2 is 2.32 bits per heavy atom. The minimum absolute atomic E-state index is 0.113. The molecule has 162 valence electrons. The van der Waals surface area contributed by atoms with Crippen molar-refractivity contribution in [1.29, 1.82) is 0 Å². The van der Waals surface area contributed by atoms with Crippen LogP contribution in [0.3, 0.4) is 0 Å². The van der Waals surface area contributed by atoms with Crippen molar-refractivity contribution in [3.8, 4) is 5.75 Å². The highest BCUT2D eigenvalue weighted by Crippen LogP contribution is 2.27. The van der Waals surface area contributed by atoms with Crippen LogP contribution < -0.4 is 10.1 Å². The number of carbonyl (C=O) groups excluding carboxylic acids is 1. The average Bonchev–Trinajstić information content (AvgIpc) is 3.42. The summed E-state index contributed by atoms with van der Waals surface area (Å²) in [6.07, 6.45) is 5.52. The molecule has 1 unspecified atom stereocenters. The third-order valence-electron chi connectivity index (χ3n) is 5.53. The van der Waals surface area contributed by atoms with E-state index in [1.807, 2.05) is 17.0 Å². The molecule has 3 heterocycles. The Bertz CT molecular complexity index is 1040. The Morgan fingerprint density at radius 1 is 1.42 bits per heavy atom. The zero-order chi connectivity index (χ0) is 21.6. The Labute approximate surface area is 186 Å². The van der Waals surface area contributed by atoms with Gasteiger partial charge < -0.3 is 19.5 Å². The van der Waals surface area contributed by atoms with Crippen molar-refractivity contribution >= 4 is 29.1 Å². The summed E-state index contributed by atoms with van der Waals surface area (Å²) in [4.78, 5) is 14.4. The highest BCUT2D eigenvalue weighted by atomic mass is 32.1. The number of hydrogen-bond donors (Lipinski definition) is 1. The normalized spacial score (nSPS) is 17.7. The largest absolute Gasteiger partial charge is 0.493 e. The van der Waals surface area contributed by atoms with Crippen molar-refractivity contribution in [1.82, 2.24) is 10.1 Å². The number of ether oxygens (including phenoxy) is 1. The van der Waals surface area contributed by atoms with E-state index in [4.69, 9.17) is 9.26 Å². The zero-order valence-corrected chi connectivity index (χ0v) is 18.7. The van der Waals surface area contributed by atoms with Crippen LogP contribution in [0.25, 0.3) is 6.08 Å². The van der Waals surface area contributed by atoms with Gasteiger partial charge in [0.25, 0.3) is 0 Å². The number of nitrogens with one attached hydrogen (secondary N) is 1. The third kappa shape index (κ3) is 5.55. The molecule has 1 aromatic carbocycles. The maximum atomic E-state index is 12.6. The standard InChI is InChI=1S/C24H27N3O3S/c1-17-15-27(24(28)26-23-14-25-30-18(23)2)9-6-21(17)12-20-4-3-5-22(13-20)29-10-7-19-8-11-31-16-19/h3-5,8,11-14,16-17H,6-7,9-10,15H2,1-2H3,(H,26,28). The molecule has 0 spiro atoms. The summed E-state index contributed by atoms with van der Waals surface area (Å²) < 4.78 is 11.0. The van der Waals surface area contributed by atoms with Gasteiger partial charge in [-0.25, -0.2) is 4.79 Å². The Kier molecular flexibility index (Phi) is 6.72. The van der Waals surface area contributed by atoms with Gasteiger partial charge in [-0.2, -0.15) is 11.3 Å². The molecule has 1 aliphatic rings. The first kappa shape index (κ1) is 21.2. The number of aryl methyl sites for hydroxylation is 1. The van der Waals surface area contributed by atoms with Gasteiger partial charge in [0.1, 0.15) is 11.4 Å². The molecule has 31 heavy (non-hydrogen) atoms. The fourth-order valence-corrected chi connectivity index (χ4v) is 4.39. The lowest BCUT2D eigenvalue weighted by molar-refractivity contribution is 0.197. The van der Waals surface area contributed by atoms with Gasteiger partial charge in [-0.05, 0) is 59.3 Å². The lowest BCUT2D eigenvalue weighted by atomic mass is 9.91. The maximum Gasteiger partial charge on any atom is 0.322 e. The molecule has 4 rings (SSSR count). The van der Waals surface area contributed by atoms with E-state index < -0.39 is 0 Å². The molecule has 0 aliphatic carbocycles. The number of likely N-dealkylation sites (tertiary alicyclic amines) is 1.